The first-order valence-corrected chi connectivity index (χ1v) is 13.8. The number of esters is 1. The largest absolute Gasteiger partial charge is 0.478 e. The predicted molar refractivity (Wildman–Crippen MR) is 161 cm³/mol. The monoisotopic (exact) mass is 571 g/mol. The van der Waals surface area contributed by atoms with Crippen LogP contribution in [0.25, 0.3) is 0 Å². The van der Waals surface area contributed by atoms with E-state index in [4.69, 9.17) is 4.74 Å². The van der Waals surface area contributed by atoms with Crippen LogP contribution in [0, 0.1) is 5.41 Å². The quantitative estimate of drug-likeness (QED) is 0.184. The van der Waals surface area contributed by atoms with Gasteiger partial charge in [0.1, 0.15) is 11.6 Å². The van der Waals surface area contributed by atoms with Crippen LogP contribution in [0.15, 0.2) is 54.6 Å². The minimum Gasteiger partial charge on any atom is -0.478 e. The summed E-state index contributed by atoms with van der Waals surface area (Å²) in [5.41, 5.74) is -1.19. The first kappa shape index (κ1) is 35.6. The number of aliphatic carboxylic acids is 1. The Hall–Kier alpha value is -3.46. The molecular weight excluding hydrogens is 522 g/mol. The Labute approximate surface area is 245 Å². The van der Waals surface area contributed by atoms with Crippen molar-refractivity contribution in [3.8, 4) is 0 Å². The van der Waals surface area contributed by atoms with Crippen LogP contribution in [0.4, 0.5) is 0 Å². The van der Waals surface area contributed by atoms with Gasteiger partial charge in [-0.1, -0.05) is 77.1 Å². The Kier molecular flexibility index (Phi) is 12.5. The lowest BCUT2D eigenvalue weighted by molar-refractivity contribution is -0.154. The maximum Gasteiger partial charge on any atom is 0.331 e. The van der Waals surface area contributed by atoms with Gasteiger partial charge >= 0.3 is 11.9 Å². The Morgan fingerprint density at radius 2 is 1.56 bits per heavy atom. The Balaban J connectivity index is 3.43. The SMILES string of the molecule is C=CC[C@@H](C=C(C)C(=O)O)N(C)C(=O)[C@@H](NC(=O)C(NCC(=O)OC(C)(C)C)C(C)(C)c1ccccc1)C(C)(C)C. The summed E-state index contributed by atoms with van der Waals surface area (Å²) in [6, 6.07) is 7.03. The average Bonchev–Trinajstić information content (AvgIpc) is 2.84. The first-order chi connectivity index (χ1) is 18.7. The van der Waals surface area contributed by atoms with Crippen LogP contribution in [0.1, 0.15) is 74.3 Å². The van der Waals surface area contributed by atoms with Gasteiger partial charge in [-0.2, -0.15) is 0 Å². The summed E-state index contributed by atoms with van der Waals surface area (Å²) >= 11 is 0. The molecule has 3 atom stereocenters. The molecule has 41 heavy (non-hydrogen) atoms. The molecule has 0 saturated heterocycles. The number of hydrogen-bond acceptors (Lipinski definition) is 6. The second kappa shape index (κ2) is 14.4. The van der Waals surface area contributed by atoms with Crippen LogP contribution >= 0.6 is 0 Å². The van der Waals surface area contributed by atoms with Crippen LogP contribution in [0.3, 0.4) is 0 Å². The number of carboxylic acid groups (broad SMARTS) is 1. The maximum atomic E-state index is 14.0. The topological polar surface area (TPSA) is 125 Å². The summed E-state index contributed by atoms with van der Waals surface area (Å²) in [5.74, 6) is -2.42. The van der Waals surface area contributed by atoms with Crippen LogP contribution in [-0.4, -0.2) is 71.1 Å². The van der Waals surface area contributed by atoms with Crippen molar-refractivity contribution in [3.05, 3.63) is 60.2 Å². The number of rotatable bonds is 13. The van der Waals surface area contributed by atoms with Gasteiger partial charge in [-0.25, -0.2) is 4.79 Å². The number of carbonyl (C=O) groups is 4. The molecule has 0 heterocycles. The van der Waals surface area contributed by atoms with Crippen molar-refractivity contribution >= 4 is 23.8 Å². The van der Waals surface area contributed by atoms with E-state index in [0.29, 0.717) is 6.42 Å². The number of carbonyl (C=O) groups excluding carboxylic acids is 3. The van der Waals surface area contributed by atoms with E-state index < -0.39 is 52.4 Å². The Morgan fingerprint density at radius 1 is 1.00 bits per heavy atom. The van der Waals surface area contributed by atoms with Gasteiger partial charge in [0.15, 0.2) is 0 Å². The molecule has 9 nitrogen and oxygen atoms in total. The van der Waals surface area contributed by atoms with Crippen molar-refractivity contribution in [1.82, 2.24) is 15.5 Å². The van der Waals surface area contributed by atoms with Gasteiger partial charge in [0.25, 0.3) is 0 Å². The van der Waals surface area contributed by atoms with Crippen molar-refractivity contribution in [2.75, 3.05) is 13.6 Å². The minimum atomic E-state index is -1.08. The molecule has 1 unspecified atom stereocenters. The van der Waals surface area contributed by atoms with E-state index in [9.17, 15) is 24.3 Å². The summed E-state index contributed by atoms with van der Waals surface area (Å²) in [5, 5.41) is 15.4. The molecule has 0 saturated carbocycles. The molecule has 9 heteroatoms. The molecule has 0 bridgehead atoms. The fourth-order valence-corrected chi connectivity index (χ4v) is 4.38. The second-order valence-electron chi connectivity index (χ2n) is 13.0. The molecule has 3 N–H and O–H groups in total. The van der Waals surface area contributed by atoms with Gasteiger partial charge in [-0.3, -0.25) is 19.7 Å². The maximum absolute atomic E-state index is 14.0. The summed E-state index contributed by atoms with van der Waals surface area (Å²) in [7, 11) is 1.58. The fourth-order valence-electron chi connectivity index (χ4n) is 4.38. The molecule has 2 amide bonds. The van der Waals surface area contributed by atoms with Crippen molar-refractivity contribution in [3.63, 3.8) is 0 Å². The number of hydrogen-bond donors (Lipinski definition) is 3. The number of ether oxygens (including phenoxy) is 1. The number of amides is 2. The molecule has 0 aliphatic heterocycles. The molecule has 1 rings (SSSR count). The molecule has 0 aliphatic rings. The Bertz CT molecular complexity index is 1110. The summed E-state index contributed by atoms with van der Waals surface area (Å²) in [4.78, 5) is 53.3. The highest BCUT2D eigenvalue weighted by Crippen LogP contribution is 2.29. The number of benzene rings is 1. The summed E-state index contributed by atoms with van der Waals surface area (Å²) in [6.45, 7) is 19.6. The third kappa shape index (κ3) is 10.8. The lowest BCUT2D eigenvalue weighted by Gasteiger charge is -2.39. The van der Waals surface area contributed by atoms with Crippen LogP contribution in [0.2, 0.25) is 0 Å². The van der Waals surface area contributed by atoms with E-state index in [0.717, 1.165) is 5.56 Å². The van der Waals surface area contributed by atoms with Gasteiger partial charge in [0, 0.05) is 18.0 Å². The zero-order valence-electron chi connectivity index (χ0n) is 26.3. The van der Waals surface area contributed by atoms with Gasteiger partial charge < -0.3 is 20.1 Å². The van der Waals surface area contributed by atoms with E-state index in [1.165, 1.54) is 17.9 Å². The molecule has 0 aliphatic carbocycles. The lowest BCUT2D eigenvalue weighted by Crippen LogP contribution is -2.62. The van der Waals surface area contributed by atoms with E-state index in [1.54, 1.807) is 33.9 Å². The normalized spacial score (nSPS) is 14.8. The standard InChI is InChI=1S/C32H49N3O6/c1-12-16-23(19-21(2)29(39)40)35(11)28(38)26(30(3,4)5)34-27(37)25(33-20-24(36)41-31(6,7)8)32(9,10)22-17-14-13-15-18-22/h12-15,17-19,23,25-26,33H,1,16,20H2,2-11H3,(H,34,37)(H,39,40)/t23-,25?,26+/m0/s1. The zero-order valence-corrected chi connectivity index (χ0v) is 26.3. The van der Waals surface area contributed by atoms with E-state index >= 15 is 0 Å². The van der Waals surface area contributed by atoms with Crippen molar-refractivity contribution < 1.29 is 29.0 Å². The van der Waals surface area contributed by atoms with Crippen LogP contribution in [0.5, 0.6) is 0 Å². The predicted octanol–water partition coefficient (Wildman–Crippen LogP) is 4.23. The molecule has 0 radical (unpaired) electrons. The number of likely N-dealkylation sites (N-methyl/N-ethyl adjacent to an activating group) is 1. The minimum absolute atomic E-state index is 0.101. The molecule has 0 fully saturated rings. The highest BCUT2D eigenvalue weighted by atomic mass is 16.6. The van der Waals surface area contributed by atoms with Gasteiger partial charge in [-0.15, -0.1) is 6.58 Å². The van der Waals surface area contributed by atoms with Gasteiger partial charge in [-0.05, 0) is 45.1 Å². The highest BCUT2D eigenvalue weighted by Gasteiger charge is 2.42. The molecule has 1 aromatic rings. The van der Waals surface area contributed by atoms with E-state index in [1.807, 2.05) is 65.0 Å². The van der Waals surface area contributed by atoms with Crippen molar-refractivity contribution in [2.24, 2.45) is 5.41 Å². The lowest BCUT2D eigenvalue weighted by atomic mass is 9.76. The third-order valence-electron chi connectivity index (χ3n) is 6.80. The van der Waals surface area contributed by atoms with Gasteiger partial charge in [0.2, 0.25) is 11.8 Å². The molecule has 228 valence electrons. The van der Waals surface area contributed by atoms with E-state index in [2.05, 4.69) is 17.2 Å². The number of carboxylic acids is 1. The summed E-state index contributed by atoms with van der Waals surface area (Å²) < 4.78 is 5.44. The smallest absolute Gasteiger partial charge is 0.331 e. The van der Waals surface area contributed by atoms with Crippen LogP contribution < -0.4 is 10.6 Å². The van der Waals surface area contributed by atoms with Crippen LogP contribution in [-0.2, 0) is 29.3 Å². The van der Waals surface area contributed by atoms with Crippen molar-refractivity contribution in [2.45, 2.75) is 97.9 Å². The summed E-state index contributed by atoms with van der Waals surface area (Å²) in [6.07, 6.45) is 3.45. The Morgan fingerprint density at radius 3 is 2.02 bits per heavy atom. The molecule has 0 spiro atoms. The highest BCUT2D eigenvalue weighted by molar-refractivity contribution is 5.92. The number of nitrogens with zero attached hydrogens (tertiary/aromatic N) is 1. The van der Waals surface area contributed by atoms with Gasteiger partial charge in [0.05, 0.1) is 18.6 Å². The average molecular weight is 572 g/mol. The van der Waals surface area contributed by atoms with Crippen molar-refractivity contribution in [1.29, 1.82) is 0 Å². The second-order valence-corrected chi connectivity index (χ2v) is 13.0. The molecule has 0 aromatic heterocycles. The number of nitrogens with one attached hydrogen (secondary N) is 2. The van der Waals surface area contributed by atoms with E-state index in [-0.39, 0.29) is 18.0 Å². The first-order valence-electron chi connectivity index (χ1n) is 13.8. The zero-order chi connectivity index (χ0) is 31.8. The third-order valence-corrected chi connectivity index (χ3v) is 6.80. The fraction of sp³-hybridized carbons (Fsp3) is 0.562. The molecule has 1 aromatic carbocycles. The molecular formula is C32H49N3O6.